The quantitative estimate of drug-likeness (QED) is 0.434. The molecule has 1 N–H and O–H groups in total. The van der Waals surface area contributed by atoms with Crippen molar-refractivity contribution in [3.05, 3.63) is 90.0 Å². The summed E-state index contributed by atoms with van der Waals surface area (Å²) < 4.78 is 56.7. The zero-order valence-corrected chi connectivity index (χ0v) is 19.0. The zero-order valence-electron chi connectivity index (χ0n) is 18.2. The SMILES string of the molecule is CCC(C)N(Cc1cccc(OS(=O)(=O)c2ccc(F)cc2)c1)C(=O)Nc1cccc(F)c1. The normalized spacial score (nSPS) is 12.1. The van der Waals surface area contributed by atoms with Gasteiger partial charge < -0.3 is 14.4 Å². The summed E-state index contributed by atoms with van der Waals surface area (Å²) in [5.41, 5.74) is 0.965. The summed E-state index contributed by atoms with van der Waals surface area (Å²) in [4.78, 5) is 14.3. The van der Waals surface area contributed by atoms with Gasteiger partial charge >= 0.3 is 16.1 Å². The van der Waals surface area contributed by atoms with Crippen LogP contribution >= 0.6 is 0 Å². The highest BCUT2D eigenvalue weighted by Crippen LogP contribution is 2.22. The maximum atomic E-state index is 13.5. The number of hydrogen-bond donors (Lipinski definition) is 1. The van der Waals surface area contributed by atoms with Gasteiger partial charge in [0.05, 0.1) is 0 Å². The number of amides is 2. The molecule has 0 aliphatic heterocycles. The van der Waals surface area contributed by atoms with Crippen LogP contribution in [0.25, 0.3) is 0 Å². The van der Waals surface area contributed by atoms with Crippen LogP contribution in [-0.2, 0) is 16.7 Å². The number of nitrogens with one attached hydrogen (secondary N) is 1. The van der Waals surface area contributed by atoms with Crippen molar-refractivity contribution in [3.8, 4) is 5.75 Å². The second-order valence-corrected chi connectivity index (χ2v) is 9.01. The second kappa shape index (κ2) is 10.4. The molecular weight excluding hydrogens is 450 g/mol. The minimum absolute atomic E-state index is 0.0615. The molecule has 0 aliphatic carbocycles. The first-order valence-corrected chi connectivity index (χ1v) is 11.7. The smallest absolute Gasteiger partial charge is 0.339 e. The van der Waals surface area contributed by atoms with Crippen molar-refractivity contribution in [2.24, 2.45) is 0 Å². The first-order chi connectivity index (χ1) is 15.7. The van der Waals surface area contributed by atoms with E-state index in [1.54, 1.807) is 23.1 Å². The Labute approximate surface area is 191 Å². The van der Waals surface area contributed by atoms with Crippen molar-refractivity contribution >= 4 is 21.8 Å². The predicted molar refractivity (Wildman–Crippen MR) is 121 cm³/mol. The van der Waals surface area contributed by atoms with E-state index in [9.17, 15) is 22.0 Å². The van der Waals surface area contributed by atoms with Gasteiger partial charge in [-0.3, -0.25) is 0 Å². The van der Waals surface area contributed by atoms with Crippen LogP contribution in [0.5, 0.6) is 5.75 Å². The van der Waals surface area contributed by atoms with Crippen LogP contribution in [-0.4, -0.2) is 25.4 Å². The van der Waals surface area contributed by atoms with Gasteiger partial charge in [-0.15, -0.1) is 0 Å². The lowest BCUT2D eigenvalue weighted by atomic mass is 10.1. The molecule has 174 valence electrons. The summed E-state index contributed by atoms with van der Waals surface area (Å²) in [6, 6.07) is 15.7. The first kappa shape index (κ1) is 24.2. The van der Waals surface area contributed by atoms with Gasteiger partial charge in [0.1, 0.15) is 22.3 Å². The fraction of sp³-hybridized carbons (Fsp3) is 0.208. The molecule has 3 aromatic carbocycles. The van der Waals surface area contributed by atoms with E-state index in [1.807, 2.05) is 13.8 Å². The molecule has 2 amide bonds. The number of urea groups is 1. The Morgan fingerprint density at radius 2 is 1.70 bits per heavy atom. The monoisotopic (exact) mass is 474 g/mol. The number of nitrogens with zero attached hydrogens (tertiary/aromatic N) is 1. The highest BCUT2D eigenvalue weighted by atomic mass is 32.2. The molecule has 0 aliphatic rings. The van der Waals surface area contributed by atoms with Gasteiger partial charge in [0.2, 0.25) is 0 Å². The average Bonchev–Trinajstić information content (AvgIpc) is 2.77. The number of rotatable bonds is 8. The largest absolute Gasteiger partial charge is 0.379 e. The predicted octanol–water partition coefficient (Wildman–Crippen LogP) is 5.57. The maximum Gasteiger partial charge on any atom is 0.339 e. The van der Waals surface area contributed by atoms with E-state index in [2.05, 4.69) is 5.32 Å². The van der Waals surface area contributed by atoms with Gasteiger partial charge in [0.25, 0.3) is 0 Å². The summed E-state index contributed by atoms with van der Waals surface area (Å²) in [5, 5.41) is 2.69. The van der Waals surface area contributed by atoms with E-state index in [4.69, 9.17) is 4.18 Å². The highest BCUT2D eigenvalue weighted by Gasteiger charge is 2.21. The Hall–Kier alpha value is -3.46. The third kappa shape index (κ3) is 6.52. The van der Waals surface area contributed by atoms with E-state index in [1.165, 1.54) is 30.3 Å². The third-order valence-electron chi connectivity index (χ3n) is 5.02. The molecular formula is C24H24F2N2O4S. The third-order valence-corrected chi connectivity index (χ3v) is 6.28. The Bertz CT molecular complexity index is 1220. The molecule has 6 nitrogen and oxygen atoms in total. The van der Waals surface area contributed by atoms with Crippen molar-refractivity contribution in [2.75, 3.05) is 5.32 Å². The van der Waals surface area contributed by atoms with Crippen LogP contribution in [0.2, 0.25) is 0 Å². The molecule has 0 aromatic heterocycles. The zero-order chi connectivity index (χ0) is 24.0. The molecule has 9 heteroatoms. The van der Waals surface area contributed by atoms with E-state index in [-0.39, 0.29) is 23.2 Å². The van der Waals surface area contributed by atoms with E-state index in [0.717, 1.165) is 24.3 Å². The summed E-state index contributed by atoms with van der Waals surface area (Å²) in [5.74, 6) is -0.959. The Kier molecular flexibility index (Phi) is 7.65. The number of benzene rings is 3. The van der Waals surface area contributed by atoms with Gasteiger partial charge in [-0.2, -0.15) is 8.42 Å². The van der Waals surface area contributed by atoms with Crippen LogP contribution in [0.3, 0.4) is 0 Å². The molecule has 0 radical (unpaired) electrons. The van der Waals surface area contributed by atoms with Crippen molar-refractivity contribution in [1.29, 1.82) is 0 Å². The molecule has 0 saturated heterocycles. The molecule has 3 aromatic rings. The van der Waals surface area contributed by atoms with E-state index in [0.29, 0.717) is 17.7 Å². The van der Waals surface area contributed by atoms with Gasteiger partial charge in [-0.1, -0.05) is 25.1 Å². The van der Waals surface area contributed by atoms with Crippen LogP contribution in [0, 0.1) is 11.6 Å². The standard InChI is InChI=1S/C24H24F2N2O4S/c1-3-17(2)28(24(29)27-21-8-5-7-20(26)15-21)16-18-6-4-9-22(14-18)32-33(30,31)23-12-10-19(25)11-13-23/h4-15,17H,3,16H2,1-2H3,(H,27,29). The van der Waals surface area contributed by atoms with Crippen LogP contribution < -0.4 is 9.50 Å². The minimum Gasteiger partial charge on any atom is -0.379 e. The number of halogens is 2. The Morgan fingerprint density at radius 3 is 2.36 bits per heavy atom. The molecule has 0 fully saturated rings. The van der Waals surface area contributed by atoms with E-state index >= 15 is 0 Å². The lowest BCUT2D eigenvalue weighted by molar-refractivity contribution is 0.187. The second-order valence-electron chi connectivity index (χ2n) is 7.46. The van der Waals surface area contributed by atoms with Crippen LogP contribution in [0.4, 0.5) is 19.3 Å². The van der Waals surface area contributed by atoms with Crippen LogP contribution in [0.15, 0.2) is 77.7 Å². The molecule has 3 rings (SSSR count). The summed E-state index contributed by atoms with van der Waals surface area (Å²) in [7, 11) is -4.15. The molecule has 1 atom stereocenters. The van der Waals surface area contributed by atoms with Gasteiger partial charge in [0, 0.05) is 18.3 Å². The topological polar surface area (TPSA) is 75.7 Å². The lowest BCUT2D eigenvalue weighted by Gasteiger charge is -2.29. The Balaban J connectivity index is 1.78. The fourth-order valence-corrected chi connectivity index (χ4v) is 4.00. The fourth-order valence-electron chi connectivity index (χ4n) is 3.08. The van der Waals surface area contributed by atoms with Crippen LogP contribution in [0.1, 0.15) is 25.8 Å². The van der Waals surface area contributed by atoms with Crippen molar-refractivity contribution < 1.29 is 26.2 Å². The summed E-state index contributed by atoms with van der Waals surface area (Å²) >= 11 is 0. The van der Waals surface area contributed by atoms with E-state index < -0.39 is 27.8 Å². The highest BCUT2D eigenvalue weighted by molar-refractivity contribution is 7.87. The average molecular weight is 475 g/mol. The van der Waals surface area contributed by atoms with Gasteiger partial charge in [0.15, 0.2) is 0 Å². The molecule has 0 heterocycles. The molecule has 0 spiro atoms. The number of anilines is 1. The van der Waals surface area contributed by atoms with Crippen molar-refractivity contribution in [1.82, 2.24) is 4.90 Å². The maximum absolute atomic E-state index is 13.5. The number of carbonyl (C=O) groups excluding carboxylic acids is 1. The summed E-state index contributed by atoms with van der Waals surface area (Å²) in [6.45, 7) is 3.98. The number of carbonyl (C=O) groups is 1. The molecule has 33 heavy (non-hydrogen) atoms. The first-order valence-electron chi connectivity index (χ1n) is 10.3. The minimum atomic E-state index is -4.15. The number of hydrogen-bond acceptors (Lipinski definition) is 4. The molecule has 1 unspecified atom stereocenters. The van der Waals surface area contributed by atoms with Gasteiger partial charge in [-0.25, -0.2) is 13.6 Å². The summed E-state index contributed by atoms with van der Waals surface area (Å²) in [6.07, 6.45) is 0.672. The Morgan fingerprint density at radius 1 is 1.00 bits per heavy atom. The molecule has 0 saturated carbocycles. The van der Waals surface area contributed by atoms with Crippen molar-refractivity contribution in [2.45, 2.75) is 37.8 Å². The van der Waals surface area contributed by atoms with Crippen molar-refractivity contribution in [3.63, 3.8) is 0 Å². The van der Waals surface area contributed by atoms with Gasteiger partial charge in [-0.05, 0) is 73.5 Å². The lowest BCUT2D eigenvalue weighted by Crippen LogP contribution is -2.40. The molecule has 0 bridgehead atoms.